The second-order valence-corrected chi connectivity index (χ2v) is 4.87. The molecule has 20 heavy (non-hydrogen) atoms. The normalized spacial score (nSPS) is 12.1. The number of rotatable bonds is 6. The molecule has 4 nitrogen and oxygen atoms in total. The Hall–Kier alpha value is -2.20. The monoisotopic (exact) mass is 270 g/mol. The number of nitrogens with zero attached hydrogens (tertiary/aromatic N) is 1. The van der Waals surface area contributed by atoms with Crippen molar-refractivity contribution in [3.63, 3.8) is 0 Å². The fraction of sp³-hybridized carbons (Fsp3) is 0.250. The van der Waals surface area contributed by atoms with Crippen molar-refractivity contribution in [2.45, 2.75) is 19.4 Å². The Morgan fingerprint density at radius 1 is 1.10 bits per heavy atom. The lowest BCUT2D eigenvalue weighted by Gasteiger charge is -2.13. The molecule has 0 bridgehead atoms. The number of nitrogens with one attached hydrogen (secondary N) is 1. The van der Waals surface area contributed by atoms with E-state index >= 15 is 0 Å². The first-order valence-corrected chi connectivity index (χ1v) is 6.66. The number of hydrogen-bond acceptors (Lipinski definition) is 3. The largest absolute Gasteiger partial charge is 0.312 e. The van der Waals surface area contributed by atoms with Crippen LogP contribution in [0.5, 0.6) is 0 Å². The predicted octanol–water partition coefficient (Wildman–Crippen LogP) is 3.49. The quantitative estimate of drug-likeness (QED) is 0.645. The van der Waals surface area contributed by atoms with Crippen molar-refractivity contribution in [3.8, 4) is 0 Å². The SMILES string of the molecule is CC(CNCc1ccccc1)c1ccc([N+](=O)[O-])cc1. The van der Waals surface area contributed by atoms with Crippen LogP contribution in [0.1, 0.15) is 24.0 Å². The van der Waals surface area contributed by atoms with Gasteiger partial charge >= 0.3 is 0 Å². The molecule has 104 valence electrons. The molecule has 4 heteroatoms. The summed E-state index contributed by atoms with van der Waals surface area (Å²) in [6.07, 6.45) is 0. The molecule has 0 aliphatic heterocycles. The summed E-state index contributed by atoms with van der Waals surface area (Å²) in [6, 6.07) is 17.0. The maximum Gasteiger partial charge on any atom is 0.269 e. The molecule has 0 saturated heterocycles. The van der Waals surface area contributed by atoms with E-state index in [1.807, 2.05) is 30.3 Å². The molecule has 1 unspecified atom stereocenters. The van der Waals surface area contributed by atoms with Crippen LogP contribution in [0, 0.1) is 10.1 Å². The summed E-state index contributed by atoms with van der Waals surface area (Å²) in [4.78, 5) is 10.2. The van der Waals surface area contributed by atoms with E-state index in [2.05, 4.69) is 24.4 Å². The molecule has 0 heterocycles. The first kappa shape index (κ1) is 14.2. The van der Waals surface area contributed by atoms with E-state index in [1.54, 1.807) is 12.1 Å². The van der Waals surface area contributed by atoms with Crippen molar-refractivity contribution in [3.05, 3.63) is 75.8 Å². The zero-order valence-corrected chi connectivity index (χ0v) is 11.5. The smallest absolute Gasteiger partial charge is 0.269 e. The molecule has 0 amide bonds. The molecule has 1 N–H and O–H groups in total. The molecule has 0 fully saturated rings. The average Bonchev–Trinajstić information content (AvgIpc) is 2.48. The highest BCUT2D eigenvalue weighted by atomic mass is 16.6. The van der Waals surface area contributed by atoms with Gasteiger partial charge in [-0.25, -0.2) is 0 Å². The fourth-order valence-electron chi connectivity index (χ4n) is 2.07. The highest BCUT2D eigenvalue weighted by Crippen LogP contribution is 2.18. The Balaban J connectivity index is 1.85. The van der Waals surface area contributed by atoms with E-state index in [0.29, 0.717) is 5.92 Å². The highest BCUT2D eigenvalue weighted by Gasteiger charge is 2.08. The van der Waals surface area contributed by atoms with E-state index in [1.165, 1.54) is 5.56 Å². The Morgan fingerprint density at radius 2 is 1.75 bits per heavy atom. The predicted molar refractivity (Wildman–Crippen MR) is 79.7 cm³/mol. The van der Waals surface area contributed by atoms with Crippen molar-refractivity contribution in [2.75, 3.05) is 6.54 Å². The number of hydrogen-bond donors (Lipinski definition) is 1. The van der Waals surface area contributed by atoms with Gasteiger partial charge in [0.05, 0.1) is 4.92 Å². The Labute approximate surface area is 118 Å². The van der Waals surface area contributed by atoms with Crippen LogP contribution in [0.15, 0.2) is 54.6 Å². The Kier molecular flexibility index (Phi) is 4.85. The topological polar surface area (TPSA) is 55.2 Å². The first-order chi connectivity index (χ1) is 9.66. The molecular formula is C16H18N2O2. The van der Waals surface area contributed by atoms with Gasteiger partial charge in [-0.05, 0) is 17.0 Å². The standard InChI is InChI=1S/C16H18N2O2/c1-13(11-17-12-14-5-3-2-4-6-14)15-7-9-16(10-8-15)18(19)20/h2-10,13,17H,11-12H2,1H3. The van der Waals surface area contributed by atoms with Crippen LogP contribution in [0.3, 0.4) is 0 Å². The van der Waals surface area contributed by atoms with Crippen LogP contribution in [0.25, 0.3) is 0 Å². The molecule has 2 aromatic carbocycles. The van der Waals surface area contributed by atoms with E-state index in [4.69, 9.17) is 0 Å². The number of benzene rings is 2. The molecule has 0 spiro atoms. The summed E-state index contributed by atoms with van der Waals surface area (Å²) in [5, 5.41) is 14.0. The van der Waals surface area contributed by atoms with Gasteiger partial charge in [-0.2, -0.15) is 0 Å². The summed E-state index contributed by atoms with van der Waals surface area (Å²) < 4.78 is 0. The molecule has 0 aliphatic rings. The van der Waals surface area contributed by atoms with Crippen LogP contribution in [-0.2, 0) is 6.54 Å². The first-order valence-electron chi connectivity index (χ1n) is 6.66. The summed E-state index contributed by atoms with van der Waals surface area (Å²) >= 11 is 0. The molecule has 0 aromatic heterocycles. The Morgan fingerprint density at radius 3 is 2.35 bits per heavy atom. The summed E-state index contributed by atoms with van der Waals surface area (Å²) in [5.41, 5.74) is 2.50. The van der Waals surface area contributed by atoms with Crippen LogP contribution >= 0.6 is 0 Å². The second kappa shape index (κ2) is 6.82. The summed E-state index contributed by atoms with van der Waals surface area (Å²) in [5.74, 6) is 0.319. The minimum Gasteiger partial charge on any atom is -0.312 e. The zero-order valence-electron chi connectivity index (χ0n) is 11.5. The minimum absolute atomic E-state index is 0.137. The lowest BCUT2D eigenvalue weighted by Crippen LogP contribution is -2.19. The number of nitro benzene ring substituents is 1. The van der Waals surface area contributed by atoms with E-state index in [-0.39, 0.29) is 10.6 Å². The van der Waals surface area contributed by atoms with E-state index in [9.17, 15) is 10.1 Å². The number of nitro groups is 1. The number of non-ortho nitro benzene ring substituents is 1. The van der Waals surface area contributed by atoms with Crippen molar-refractivity contribution >= 4 is 5.69 Å². The van der Waals surface area contributed by atoms with Crippen LogP contribution in [-0.4, -0.2) is 11.5 Å². The molecule has 2 aromatic rings. The maximum absolute atomic E-state index is 10.6. The highest BCUT2D eigenvalue weighted by molar-refractivity contribution is 5.34. The van der Waals surface area contributed by atoms with Gasteiger partial charge in [0.25, 0.3) is 5.69 Å². The van der Waals surface area contributed by atoms with Gasteiger partial charge < -0.3 is 5.32 Å². The van der Waals surface area contributed by atoms with Crippen LogP contribution in [0.4, 0.5) is 5.69 Å². The lowest BCUT2D eigenvalue weighted by molar-refractivity contribution is -0.384. The summed E-state index contributed by atoms with van der Waals surface area (Å²) in [6.45, 7) is 3.78. The zero-order chi connectivity index (χ0) is 14.4. The van der Waals surface area contributed by atoms with Gasteiger partial charge in [0.2, 0.25) is 0 Å². The van der Waals surface area contributed by atoms with Gasteiger partial charge in [-0.1, -0.05) is 49.4 Å². The fourth-order valence-corrected chi connectivity index (χ4v) is 2.07. The van der Waals surface area contributed by atoms with Gasteiger partial charge in [0, 0.05) is 25.2 Å². The maximum atomic E-state index is 10.6. The van der Waals surface area contributed by atoms with Crippen molar-refractivity contribution in [2.24, 2.45) is 0 Å². The van der Waals surface area contributed by atoms with E-state index < -0.39 is 0 Å². The van der Waals surface area contributed by atoms with Crippen molar-refractivity contribution in [1.82, 2.24) is 5.32 Å². The molecular weight excluding hydrogens is 252 g/mol. The van der Waals surface area contributed by atoms with Crippen LogP contribution < -0.4 is 5.32 Å². The lowest BCUT2D eigenvalue weighted by atomic mass is 10.0. The average molecular weight is 270 g/mol. The molecule has 2 rings (SSSR count). The van der Waals surface area contributed by atoms with Crippen molar-refractivity contribution in [1.29, 1.82) is 0 Å². The molecule has 0 saturated carbocycles. The van der Waals surface area contributed by atoms with Gasteiger partial charge in [0.15, 0.2) is 0 Å². The third kappa shape index (κ3) is 3.90. The summed E-state index contributed by atoms with van der Waals surface area (Å²) in [7, 11) is 0. The third-order valence-corrected chi connectivity index (χ3v) is 3.30. The van der Waals surface area contributed by atoms with Crippen molar-refractivity contribution < 1.29 is 4.92 Å². The Bertz CT molecular complexity index is 552. The van der Waals surface area contributed by atoms with Crippen LogP contribution in [0.2, 0.25) is 0 Å². The van der Waals surface area contributed by atoms with Gasteiger partial charge in [0.1, 0.15) is 0 Å². The van der Waals surface area contributed by atoms with E-state index in [0.717, 1.165) is 18.7 Å². The molecule has 0 radical (unpaired) electrons. The third-order valence-electron chi connectivity index (χ3n) is 3.30. The molecule has 0 aliphatic carbocycles. The minimum atomic E-state index is -0.373. The second-order valence-electron chi connectivity index (χ2n) is 4.87. The van der Waals surface area contributed by atoms with Gasteiger partial charge in [-0.3, -0.25) is 10.1 Å². The molecule has 1 atom stereocenters. The van der Waals surface area contributed by atoms with Gasteiger partial charge in [-0.15, -0.1) is 0 Å².